The third-order valence-electron chi connectivity index (χ3n) is 2.75. The molecule has 0 unspecified atom stereocenters. The van der Waals surface area contributed by atoms with Crippen LogP contribution in [0.5, 0.6) is 0 Å². The highest BCUT2D eigenvalue weighted by Gasteiger charge is 2.19. The van der Waals surface area contributed by atoms with Gasteiger partial charge in [0.25, 0.3) is 0 Å². The van der Waals surface area contributed by atoms with E-state index in [1.807, 2.05) is 0 Å². The molecule has 0 aliphatic heterocycles. The summed E-state index contributed by atoms with van der Waals surface area (Å²) in [7, 11) is -3.61. The summed E-state index contributed by atoms with van der Waals surface area (Å²) < 4.78 is 27.5. The van der Waals surface area contributed by atoms with Gasteiger partial charge in [0.2, 0.25) is 10.0 Å². The van der Waals surface area contributed by atoms with Crippen molar-refractivity contribution in [1.82, 2.24) is 9.71 Å². The van der Waals surface area contributed by atoms with E-state index in [0.29, 0.717) is 16.9 Å². The maximum atomic E-state index is 12.2. The van der Waals surface area contributed by atoms with Crippen LogP contribution in [0.3, 0.4) is 0 Å². The highest BCUT2D eigenvalue weighted by Crippen LogP contribution is 2.22. The monoisotopic (exact) mass is 364 g/mol. The van der Waals surface area contributed by atoms with Gasteiger partial charge in [-0.3, -0.25) is 0 Å². The highest BCUT2D eigenvalue weighted by molar-refractivity contribution is 9.10. The predicted molar refractivity (Wildman–Crippen MR) is 83.6 cm³/mol. The first-order valence-electron chi connectivity index (χ1n) is 6.48. The molecule has 1 aromatic rings. The molecule has 0 bridgehead atoms. The number of anilines is 1. The first-order chi connectivity index (χ1) is 9.36. The normalized spacial score (nSPS) is 11.8. The Kier molecular flexibility index (Phi) is 6.87. The fraction of sp³-hybridized carbons (Fsp3) is 0.583. The summed E-state index contributed by atoms with van der Waals surface area (Å²) in [6.45, 7) is 4.71. The van der Waals surface area contributed by atoms with Crippen LogP contribution in [0.25, 0.3) is 0 Å². The molecule has 1 heterocycles. The van der Waals surface area contributed by atoms with Gasteiger partial charge in [0.15, 0.2) is 5.82 Å². The summed E-state index contributed by atoms with van der Waals surface area (Å²) in [4.78, 5) is 3.97. The van der Waals surface area contributed by atoms with Crippen molar-refractivity contribution in [3.8, 4) is 0 Å². The molecule has 0 saturated heterocycles. The van der Waals surface area contributed by atoms with Crippen molar-refractivity contribution < 1.29 is 8.42 Å². The van der Waals surface area contributed by atoms with E-state index in [4.69, 9.17) is 5.84 Å². The van der Waals surface area contributed by atoms with Crippen LogP contribution in [0.1, 0.15) is 33.1 Å². The third kappa shape index (κ3) is 5.35. The Morgan fingerprint density at radius 2 is 2.10 bits per heavy atom. The number of halogens is 1. The second kappa shape index (κ2) is 7.92. The van der Waals surface area contributed by atoms with E-state index in [2.05, 4.69) is 44.9 Å². The number of nitrogen functional groups attached to an aromatic ring is 1. The lowest BCUT2D eigenvalue weighted by Gasteiger charge is -2.11. The minimum absolute atomic E-state index is 0.0400. The Hall–Kier alpha value is -0.700. The number of unbranched alkanes of at least 4 members (excludes halogenated alkanes) is 1. The number of rotatable bonds is 8. The third-order valence-corrected chi connectivity index (χ3v) is 4.65. The molecule has 0 aliphatic carbocycles. The van der Waals surface area contributed by atoms with E-state index < -0.39 is 10.0 Å². The van der Waals surface area contributed by atoms with Gasteiger partial charge in [0, 0.05) is 17.2 Å². The van der Waals surface area contributed by atoms with Crippen LogP contribution in [0.15, 0.2) is 21.6 Å². The lowest BCUT2D eigenvalue weighted by molar-refractivity contribution is 0.530. The zero-order chi connectivity index (χ0) is 15.2. The first kappa shape index (κ1) is 17.4. The SMILES string of the molecule is CC(C)CCCCNS(=O)(=O)c1cc(Br)cnc1NN. The molecule has 0 aromatic carbocycles. The van der Waals surface area contributed by atoms with E-state index in [9.17, 15) is 8.42 Å². The lowest BCUT2D eigenvalue weighted by Crippen LogP contribution is -2.26. The van der Waals surface area contributed by atoms with Crippen LogP contribution >= 0.6 is 15.9 Å². The van der Waals surface area contributed by atoms with Gasteiger partial charge in [-0.15, -0.1) is 0 Å². The van der Waals surface area contributed by atoms with E-state index in [1.54, 1.807) is 0 Å². The highest BCUT2D eigenvalue weighted by atomic mass is 79.9. The summed E-state index contributed by atoms with van der Waals surface area (Å²) >= 11 is 3.20. The van der Waals surface area contributed by atoms with Gasteiger partial charge in [0.05, 0.1) is 0 Å². The van der Waals surface area contributed by atoms with Gasteiger partial charge in [-0.25, -0.2) is 24.0 Å². The Morgan fingerprint density at radius 3 is 2.70 bits per heavy atom. The van der Waals surface area contributed by atoms with Crippen molar-refractivity contribution in [2.75, 3.05) is 12.0 Å². The van der Waals surface area contributed by atoms with Gasteiger partial charge in [-0.05, 0) is 34.3 Å². The molecule has 1 rings (SSSR count). The number of pyridine rings is 1. The number of hydrogen-bond acceptors (Lipinski definition) is 5. The van der Waals surface area contributed by atoms with E-state index in [1.165, 1.54) is 12.3 Å². The molecular formula is C12H21BrN4O2S. The van der Waals surface area contributed by atoms with Gasteiger partial charge >= 0.3 is 0 Å². The Bertz CT molecular complexity index is 534. The maximum absolute atomic E-state index is 12.2. The maximum Gasteiger partial charge on any atom is 0.244 e. The molecular weight excluding hydrogens is 344 g/mol. The average Bonchev–Trinajstić information content (AvgIpc) is 2.37. The topological polar surface area (TPSA) is 97.1 Å². The fourth-order valence-electron chi connectivity index (χ4n) is 1.70. The largest absolute Gasteiger partial charge is 0.307 e. The number of nitrogens with two attached hydrogens (primary N) is 1. The van der Waals surface area contributed by atoms with Gasteiger partial charge < -0.3 is 5.43 Å². The molecule has 0 aliphatic rings. The molecule has 0 amide bonds. The number of aromatic nitrogens is 1. The lowest BCUT2D eigenvalue weighted by atomic mass is 10.1. The summed E-state index contributed by atoms with van der Waals surface area (Å²) in [5.74, 6) is 6.05. The number of hydrazine groups is 1. The molecule has 4 N–H and O–H groups in total. The molecule has 20 heavy (non-hydrogen) atoms. The summed E-state index contributed by atoms with van der Waals surface area (Å²) in [6.07, 6.45) is 4.38. The number of hydrogen-bond donors (Lipinski definition) is 3. The molecule has 0 radical (unpaired) electrons. The molecule has 0 saturated carbocycles. The molecule has 0 atom stereocenters. The van der Waals surface area contributed by atoms with Crippen molar-refractivity contribution in [2.45, 2.75) is 38.0 Å². The average molecular weight is 365 g/mol. The second-order valence-electron chi connectivity index (χ2n) is 4.93. The van der Waals surface area contributed by atoms with Crippen molar-refractivity contribution in [2.24, 2.45) is 11.8 Å². The zero-order valence-electron chi connectivity index (χ0n) is 11.7. The Morgan fingerprint density at radius 1 is 1.40 bits per heavy atom. The van der Waals surface area contributed by atoms with Gasteiger partial charge in [-0.2, -0.15) is 0 Å². The van der Waals surface area contributed by atoms with Crippen molar-refractivity contribution in [3.63, 3.8) is 0 Å². The van der Waals surface area contributed by atoms with Gasteiger partial charge in [0.1, 0.15) is 4.90 Å². The van der Waals surface area contributed by atoms with E-state index >= 15 is 0 Å². The molecule has 0 fully saturated rings. The number of nitrogens with one attached hydrogen (secondary N) is 2. The van der Waals surface area contributed by atoms with Crippen molar-refractivity contribution >= 4 is 31.8 Å². The molecule has 114 valence electrons. The predicted octanol–water partition coefficient (Wildman–Crippen LogP) is 2.23. The minimum atomic E-state index is -3.61. The van der Waals surface area contributed by atoms with Crippen molar-refractivity contribution in [1.29, 1.82) is 0 Å². The zero-order valence-corrected chi connectivity index (χ0v) is 14.1. The van der Waals surface area contributed by atoms with Crippen LogP contribution in [0.2, 0.25) is 0 Å². The van der Waals surface area contributed by atoms with E-state index in [-0.39, 0.29) is 10.7 Å². The molecule has 6 nitrogen and oxygen atoms in total. The fourth-order valence-corrected chi connectivity index (χ4v) is 3.40. The smallest absolute Gasteiger partial charge is 0.244 e. The van der Waals surface area contributed by atoms with Crippen LogP contribution < -0.4 is 16.0 Å². The number of sulfonamides is 1. The molecule has 0 spiro atoms. The second-order valence-corrected chi connectivity index (χ2v) is 7.58. The Balaban J connectivity index is 2.67. The van der Waals surface area contributed by atoms with Crippen molar-refractivity contribution in [3.05, 3.63) is 16.7 Å². The molecule has 1 aromatic heterocycles. The summed E-state index contributed by atoms with van der Waals surface area (Å²) in [5, 5.41) is 0. The van der Waals surface area contributed by atoms with Crippen LogP contribution in [-0.2, 0) is 10.0 Å². The minimum Gasteiger partial charge on any atom is -0.307 e. The quantitative estimate of drug-likeness (QED) is 0.373. The summed E-state index contributed by atoms with van der Waals surface area (Å²) in [6, 6.07) is 1.47. The number of nitrogens with zero attached hydrogens (tertiary/aromatic N) is 1. The Labute approximate surface area is 128 Å². The van der Waals surface area contributed by atoms with Crippen LogP contribution in [-0.4, -0.2) is 19.9 Å². The first-order valence-corrected chi connectivity index (χ1v) is 8.76. The standard InChI is InChI=1S/C12H21BrN4O2S/c1-9(2)5-3-4-6-16-20(18,19)11-7-10(13)8-15-12(11)17-14/h7-9,16H,3-6,14H2,1-2H3,(H,15,17). The van der Waals surface area contributed by atoms with Gasteiger partial charge in [-0.1, -0.05) is 26.7 Å². The van der Waals surface area contributed by atoms with Crippen LogP contribution in [0.4, 0.5) is 5.82 Å². The van der Waals surface area contributed by atoms with Crippen LogP contribution in [0, 0.1) is 5.92 Å². The van der Waals surface area contributed by atoms with E-state index in [0.717, 1.165) is 19.3 Å². The molecule has 8 heteroatoms. The summed E-state index contributed by atoms with van der Waals surface area (Å²) in [5.41, 5.74) is 2.29.